The van der Waals surface area contributed by atoms with E-state index in [9.17, 15) is 9.90 Å². The number of carbonyl (C=O) groups is 1. The van der Waals surface area contributed by atoms with Crippen molar-refractivity contribution in [2.45, 2.75) is 19.8 Å². The third kappa shape index (κ3) is 3.83. The van der Waals surface area contributed by atoms with Gasteiger partial charge in [-0.1, -0.05) is 30.0 Å². The van der Waals surface area contributed by atoms with E-state index in [1.165, 1.54) is 11.8 Å². The van der Waals surface area contributed by atoms with Crippen LogP contribution in [0, 0.1) is 0 Å². The molecule has 0 atom stereocenters. The van der Waals surface area contributed by atoms with Crippen molar-refractivity contribution in [2.75, 3.05) is 5.75 Å². The molecule has 0 saturated carbocycles. The number of benzene rings is 1. The van der Waals surface area contributed by atoms with Gasteiger partial charge in [-0.25, -0.2) is 0 Å². The van der Waals surface area contributed by atoms with Crippen LogP contribution in [0.15, 0.2) is 24.3 Å². The highest BCUT2D eigenvalue weighted by atomic mass is 32.2. The quantitative estimate of drug-likeness (QED) is 0.776. The van der Waals surface area contributed by atoms with Crippen LogP contribution in [0.25, 0.3) is 0 Å². The van der Waals surface area contributed by atoms with Gasteiger partial charge in [-0.05, 0) is 24.5 Å². The second-order valence-electron chi connectivity index (χ2n) is 3.07. The molecule has 0 spiro atoms. The second-order valence-corrected chi connectivity index (χ2v) is 4.34. The summed E-state index contributed by atoms with van der Waals surface area (Å²) < 4.78 is 0. The number of phenolic OH excluding ortho intramolecular Hbond substituents is 1. The number of para-hydroxylation sites is 1. The maximum atomic E-state index is 10.6. The van der Waals surface area contributed by atoms with Crippen molar-refractivity contribution in [3.63, 3.8) is 0 Å². The molecule has 1 N–H and O–H groups in total. The maximum absolute atomic E-state index is 10.6. The van der Waals surface area contributed by atoms with E-state index in [1.54, 1.807) is 13.0 Å². The van der Waals surface area contributed by atoms with E-state index in [4.69, 9.17) is 0 Å². The molecule has 0 aliphatic rings. The molecule has 76 valence electrons. The van der Waals surface area contributed by atoms with E-state index in [0.717, 1.165) is 24.2 Å². The fourth-order valence-corrected chi connectivity index (χ4v) is 1.78. The van der Waals surface area contributed by atoms with Gasteiger partial charge in [0.1, 0.15) is 5.75 Å². The topological polar surface area (TPSA) is 37.3 Å². The third-order valence-corrected chi connectivity index (χ3v) is 2.79. The van der Waals surface area contributed by atoms with E-state index in [0.29, 0.717) is 5.75 Å². The minimum Gasteiger partial charge on any atom is -0.508 e. The van der Waals surface area contributed by atoms with Crippen molar-refractivity contribution < 1.29 is 9.90 Å². The average Bonchev–Trinajstić information content (AvgIpc) is 2.15. The lowest BCUT2D eigenvalue weighted by atomic mass is 10.1. The molecule has 0 unspecified atom stereocenters. The van der Waals surface area contributed by atoms with Gasteiger partial charge in [0.25, 0.3) is 0 Å². The molecule has 0 radical (unpaired) electrons. The normalized spacial score (nSPS) is 10.1. The Morgan fingerprint density at radius 1 is 1.43 bits per heavy atom. The molecule has 14 heavy (non-hydrogen) atoms. The molecule has 0 aromatic heterocycles. The number of aromatic hydroxyl groups is 1. The first-order valence-corrected chi connectivity index (χ1v) is 5.59. The van der Waals surface area contributed by atoms with E-state index >= 15 is 0 Å². The number of rotatable bonds is 4. The molecule has 0 bridgehead atoms. The van der Waals surface area contributed by atoms with Crippen molar-refractivity contribution in [1.29, 1.82) is 0 Å². The van der Waals surface area contributed by atoms with E-state index in [1.807, 2.05) is 18.2 Å². The number of phenols is 1. The summed E-state index contributed by atoms with van der Waals surface area (Å²) in [5.41, 5.74) is 0.955. The van der Waals surface area contributed by atoms with Gasteiger partial charge < -0.3 is 5.11 Å². The van der Waals surface area contributed by atoms with Gasteiger partial charge >= 0.3 is 0 Å². The van der Waals surface area contributed by atoms with Crippen LogP contribution in [0.5, 0.6) is 5.75 Å². The van der Waals surface area contributed by atoms with Crippen molar-refractivity contribution in [1.82, 2.24) is 0 Å². The highest BCUT2D eigenvalue weighted by molar-refractivity contribution is 8.13. The largest absolute Gasteiger partial charge is 0.508 e. The van der Waals surface area contributed by atoms with Crippen LogP contribution in [0.2, 0.25) is 0 Å². The molecule has 0 saturated heterocycles. The smallest absolute Gasteiger partial charge is 0.185 e. The highest BCUT2D eigenvalue weighted by Crippen LogP contribution is 2.18. The summed E-state index contributed by atoms with van der Waals surface area (Å²) >= 11 is 1.34. The fraction of sp³-hybridized carbons (Fsp3) is 0.364. The number of thioether (sulfide) groups is 1. The zero-order valence-electron chi connectivity index (χ0n) is 8.19. The molecule has 2 nitrogen and oxygen atoms in total. The van der Waals surface area contributed by atoms with E-state index < -0.39 is 0 Å². The Bertz CT molecular complexity index is 310. The number of aryl methyl sites for hydroxylation is 1. The molecule has 1 aromatic rings. The van der Waals surface area contributed by atoms with Crippen LogP contribution >= 0.6 is 11.8 Å². The van der Waals surface area contributed by atoms with Gasteiger partial charge in [-0.15, -0.1) is 0 Å². The molecule has 1 aromatic carbocycles. The number of hydrogen-bond acceptors (Lipinski definition) is 3. The molecular formula is C11H14O2S. The van der Waals surface area contributed by atoms with Gasteiger partial charge in [-0.2, -0.15) is 0 Å². The predicted octanol–water partition coefficient (Wildman–Crippen LogP) is 2.60. The standard InChI is InChI=1S/C11H14O2S/c1-9(12)14-8-4-6-10-5-2-3-7-11(10)13/h2-3,5,7,13H,4,6,8H2,1H3. The Morgan fingerprint density at radius 2 is 2.14 bits per heavy atom. The molecule has 0 amide bonds. The summed E-state index contributed by atoms with van der Waals surface area (Å²) in [5, 5.41) is 9.60. The molecule has 3 heteroatoms. The van der Waals surface area contributed by atoms with Gasteiger partial charge in [0.15, 0.2) is 5.12 Å². The summed E-state index contributed by atoms with van der Waals surface area (Å²) in [6.45, 7) is 1.57. The van der Waals surface area contributed by atoms with Crippen LogP contribution in [-0.4, -0.2) is 16.0 Å². The molecule has 0 fully saturated rings. The predicted molar refractivity (Wildman–Crippen MR) is 59.6 cm³/mol. The average molecular weight is 210 g/mol. The van der Waals surface area contributed by atoms with Crippen molar-refractivity contribution in [3.8, 4) is 5.75 Å². The Kier molecular flexibility index (Phi) is 4.53. The SMILES string of the molecule is CC(=O)SCCCc1ccccc1O. The lowest BCUT2D eigenvalue weighted by molar-refractivity contribution is -0.109. The second kappa shape index (κ2) is 5.70. The zero-order chi connectivity index (χ0) is 10.4. The van der Waals surface area contributed by atoms with Crippen molar-refractivity contribution >= 4 is 16.9 Å². The molecule has 0 heterocycles. The van der Waals surface area contributed by atoms with Gasteiger partial charge in [-0.3, -0.25) is 4.79 Å². The lowest BCUT2D eigenvalue weighted by Crippen LogP contribution is -1.90. The van der Waals surface area contributed by atoms with Crippen LogP contribution in [0.4, 0.5) is 0 Å². The zero-order valence-corrected chi connectivity index (χ0v) is 9.01. The minimum absolute atomic E-state index is 0.155. The fourth-order valence-electron chi connectivity index (χ4n) is 1.20. The van der Waals surface area contributed by atoms with Gasteiger partial charge in [0.05, 0.1) is 0 Å². The summed E-state index contributed by atoms with van der Waals surface area (Å²) in [5.74, 6) is 1.17. The first-order valence-electron chi connectivity index (χ1n) is 4.60. The summed E-state index contributed by atoms with van der Waals surface area (Å²) in [4.78, 5) is 10.6. The maximum Gasteiger partial charge on any atom is 0.185 e. The Balaban J connectivity index is 2.31. The van der Waals surface area contributed by atoms with Crippen molar-refractivity contribution in [2.24, 2.45) is 0 Å². The number of carbonyl (C=O) groups excluding carboxylic acids is 1. The van der Waals surface area contributed by atoms with Crippen LogP contribution in [-0.2, 0) is 11.2 Å². The van der Waals surface area contributed by atoms with E-state index in [2.05, 4.69) is 0 Å². The molecule has 1 rings (SSSR count). The van der Waals surface area contributed by atoms with Crippen LogP contribution in [0.1, 0.15) is 18.9 Å². The van der Waals surface area contributed by atoms with Crippen LogP contribution < -0.4 is 0 Å². The van der Waals surface area contributed by atoms with E-state index in [-0.39, 0.29) is 5.12 Å². The summed E-state index contributed by atoms with van der Waals surface area (Å²) in [7, 11) is 0. The monoisotopic (exact) mass is 210 g/mol. The Labute approximate surface area is 88.3 Å². The molecular weight excluding hydrogens is 196 g/mol. The lowest BCUT2D eigenvalue weighted by Gasteiger charge is -2.02. The summed E-state index contributed by atoms with van der Waals surface area (Å²) in [6, 6.07) is 7.32. The van der Waals surface area contributed by atoms with Gasteiger partial charge in [0, 0.05) is 12.7 Å². The number of hydrogen-bond donors (Lipinski definition) is 1. The third-order valence-electron chi connectivity index (χ3n) is 1.89. The van der Waals surface area contributed by atoms with Crippen molar-refractivity contribution in [3.05, 3.63) is 29.8 Å². The summed E-state index contributed by atoms with van der Waals surface area (Å²) in [6.07, 6.45) is 1.74. The highest BCUT2D eigenvalue weighted by Gasteiger charge is 2.00. The van der Waals surface area contributed by atoms with Gasteiger partial charge in [0.2, 0.25) is 0 Å². The minimum atomic E-state index is 0.155. The first-order chi connectivity index (χ1) is 6.70. The first kappa shape index (κ1) is 11.1. The molecule has 0 aliphatic heterocycles. The Morgan fingerprint density at radius 3 is 2.79 bits per heavy atom. The molecule has 0 aliphatic carbocycles. The van der Waals surface area contributed by atoms with Crippen LogP contribution in [0.3, 0.4) is 0 Å². The Hall–Kier alpha value is -0.960.